The van der Waals surface area contributed by atoms with E-state index in [1.54, 1.807) is 44.5 Å². The van der Waals surface area contributed by atoms with Crippen LogP contribution < -0.4 is 0 Å². The van der Waals surface area contributed by atoms with Crippen LogP contribution in [0, 0.1) is 5.41 Å². The van der Waals surface area contributed by atoms with Gasteiger partial charge in [-0.15, -0.1) is 0 Å². The first-order valence-electron chi connectivity index (χ1n) is 11.0. The summed E-state index contributed by atoms with van der Waals surface area (Å²) < 4.78 is 6.91. The van der Waals surface area contributed by atoms with E-state index in [0.29, 0.717) is 7.25 Å². The van der Waals surface area contributed by atoms with Crippen molar-refractivity contribution < 1.29 is 20.3 Å². The van der Waals surface area contributed by atoms with Crippen molar-refractivity contribution in [1.29, 1.82) is 0 Å². The predicted molar refractivity (Wildman–Crippen MR) is 118 cm³/mol. The molecule has 1 heteroatoms. The summed E-state index contributed by atoms with van der Waals surface area (Å²) in [5.74, 6) is 0. The van der Waals surface area contributed by atoms with Crippen LogP contribution in [-0.2, 0) is 20.3 Å². The van der Waals surface area contributed by atoms with E-state index < -0.39 is 20.3 Å². The minimum absolute atomic E-state index is 0.0642. The van der Waals surface area contributed by atoms with Crippen LogP contribution in [0.3, 0.4) is 0 Å². The minimum atomic E-state index is -2.65. The van der Waals surface area contributed by atoms with Gasteiger partial charge in [-0.2, -0.15) is 0 Å². The van der Waals surface area contributed by atoms with Gasteiger partial charge in [0.25, 0.3) is 0 Å². The summed E-state index contributed by atoms with van der Waals surface area (Å²) in [6, 6.07) is 18.8. The average Bonchev–Trinajstić information content (AvgIpc) is 3.21. The van der Waals surface area contributed by atoms with Crippen molar-refractivity contribution in [2.45, 2.75) is 57.1 Å². The third-order valence-electron chi connectivity index (χ3n) is 7.92. The zero-order valence-electron chi connectivity index (χ0n) is 18.2. The number of fused-ring (bicyclic) bond motifs is 8. The van der Waals surface area contributed by atoms with Crippen LogP contribution >= 0.6 is 0 Å². The predicted octanol–water partition coefficient (Wildman–Crippen LogP) is 8.11. The molecule has 2 unspecified atom stereocenters. The van der Waals surface area contributed by atoms with Gasteiger partial charge in [-0.1, -0.05) is 0 Å². The summed E-state index contributed by atoms with van der Waals surface area (Å²) in [4.78, 5) is 0. The van der Waals surface area contributed by atoms with E-state index in [2.05, 4.69) is 85.5 Å². The summed E-state index contributed by atoms with van der Waals surface area (Å²) >= 11 is -2.65. The van der Waals surface area contributed by atoms with Gasteiger partial charge in [0.15, 0.2) is 0 Å². The maximum absolute atomic E-state index is 2.74. The first kappa shape index (κ1) is 18.8. The zero-order valence-corrected chi connectivity index (χ0v) is 20.6. The molecule has 28 heavy (non-hydrogen) atoms. The van der Waals surface area contributed by atoms with Crippen LogP contribution in [0.2, 0.25) is 9.26 Å². The van der Waals surface area contributed by atoms with Crippen LogP contribution in [0.25, 0.3) is 11.1 Å². The van der Waals surface area contributed by atoms with Crippen LogP contribution in [-0.4, -0.2) is 0 Å². The molecule has 2 aromatic rings. The van der Waals surface area contributed by atoms with Crippen LogP contribution in [0.5, 0.6) is 0 Å². The van der Waals surface area contributed by atoms with Crippen molar-refractivity contribution in [3.63, 3.8) is 0 Å². The molecule has 0 spiro atoms. The maximum atomic E-state index is 2.74. The van der Waals surface area contributed by atoms with E-state index in [0.717, 1.165) is 0 Å². The molecule has 1 heterocycles. The van der Waals surface area contributed by atoms with E-state index in [9.17, 15) is 0 Å². The number of rotatable bonds is 2. The van der Waals surface area contributed by atoms with Gasteiger partial charge in [-0.05, 0) is 0 Å². The first-order chi connectivity index (χ1) is 13.4. The molecule has 0 fully saturated rings. The monoisotopic (exact) mass is 446 g/mol. The molecule has 2 aromatic carbocycles. The van der Waals surface area contributed by atoms with Crippen molar-refractivity contribution in [3.8, 4) is 0 Å². The van der Waals surface area contributed by atoms with E-state index in [4.69, 9.17) is 0 Å². The van der Waals surface area contributed by atoms with Crippen molar-refractivity contribution in [2.75, 3.05) is 0 Å². The molecule has 5 rings (SSSR count). The third-order valence-corrected chi connectivity index (χ3v) is 18.5. The second-order valence-electron chi connectivity index (χ2n) is 9.99. The second-order valence-corrected chi connectivity index (χ2v) is 21.8. The molecule has 0 nitrogen and oxygen atoms in total. The number of hydrogen-bond acceptors (Lipinski definition) is 0. The Morgan fingerprint density at radius 3 is 1.50 bits per heavy atom. The van der Waals surface area contributed by atoms with Gasteiger partial charge in [0.2, 0.25) is 0 Å². The second kappa shape index (κ2) is 6.15. The molecule has 2 aliphatic carbocycles. The molecule has 0 aromatic heterocycles. The fourth-order valence-electron chi connectivity index (χ4n) is 7.19. The van der Waals surface area contributed by atoms with Gasteiger partial charge in [-0.3, -0.25) is 0 Å². The van der Waals surface area contributed by atoms with Gasteiger partial charge in [0.05, 0.1) is 0 Å². The Labute approximate surface area is 175 Å². The van der Waals surface area contributed by atoms with Crippen molar-refractivity contribution in [3.05, 3.63) is 81.9 Å². The van der Waals surface area contributed by atoms with Gasteiger partial charge in [-0.25, -0.2) is 0 Å². The SMILES string of the molecule is CCC1=C2c3ccccc3[CH]1[Zr]([CH3])([CH3])[CH]1C(CC)=C(c3ccccc31)C2(C)C. The summed E-state index contributed by atoms with van der Waals surface area (Å²) in [6.07, 6.45) is 2.38. The summed E-state index contributed by atoms with van der Waals surface area (Å²) in [6.45, 7) is 9.82. The first-order valence-corrected chi connectivity index (χ1v) is 18.8. The van der Waals surface area contributed by atoms with Crippen molar-refractivity contribution in [1.82, 2.24) is 0 Å². The van der Waals surface area contributed by atoms with Crippen molar-refractivity contribution >= 4 is 11.1 Å². The normalized spacial score (nSPS) is 26.1. The van der Waals surface area contributed by atoms with E-state index in [1.165, 1.54) is 12.8 Å². The Hall–Kier alpha value is -1.20. The van der Waals surface area contributed by atoms with E-state index in [1.807, 2.05) is 0 Å². The number of hydrogen-bond donors (Lipinski definition) is 0. The fraction of sp³-hybridized carbons (Fsp3) is 0.407. The topological polar surface area (TPSA) is 0 Å². The Morgan fingerprint density at radius 2 is 1.11 bits per heavy atom. The summed E-state index contributed by atoms with van der Waals surface area (Å²) in [5.41, 5.74) is 13.4. The Bertz CT molecular complexity index is 966. The molecule has 0 saturated heterocycles. The molecule has 0 amide bonds. The quantitative estimate of drug-likeness (QED) is 0.436. The summed E-state index contributed by atoms with van der Waals surface area (Å²) in [7, 11) is 0. The van der Waals surface area contributed by atoms with Gasteiger partial charge in [0, 0.05) is 0 Å². The molecule has 0 N–H and O–H groups in total. The molecule has 3 aliphatic rings. The molecule has 4 bridgehead atoms. The zero-order chi connectivity index (χ0) is 19.8. The Morgan fingerprint density at radius 1 is 0.714 bits per heavy atom. The fourth-order valence-corrected chi connectivity index (χ4v) is 19.3. The number of benzene rings is 2. The van der Waals surface area contributed by atoms with Gasteiger partial charge in [0.1, 0.15) is 0 Å². The molecule has 0 radical (unpaired) electrons. The summed E-state index contributed by atoms with van der Waals surface area (Å²) in [5, 5.41) is 0. The molecular weight excluding hydrogens is 416 g/mol. The van der Waals surface area contributed by atoms with E-state index >= 15 is 0 Å². The standard InChI is InChI=1S/C25H26.2CH3.Zr/c1-5-17-15-19-11-7-9-13-21(19)23(17)25(3,4)24-18(6-2)16-20-12-8-10-14-22(20)24;;;/h7-16H,5-6H2,1-4H3;2*1H3;. The number of allylic oxidation sites excluding steroid dienone is 4. The third kappa shape index (κ3) is 2.15. The van der Waals surface area contributed by atoms with Gasteiger partial charge >= 0.3 is 176 Å². The van der Waals surface area contributed by atoms with Crippen LogP contribution in [0.15, 0.2) is 59.7 Å². The molecule has 144 valence electrons. The Kier molecular flexibility index (Phi) is 4.13. The Balaban J connectivity index is 1.95. The van der Waals surface area contributed by atoms with Crippen LogP contribution in [0.1, 0.15) is 70.0 Å². The average molecular weight is 448 g/mol. The van der Waals surface area contributed by atoms with E-state index in [-0.39, 0.29) is 5.41 Å². The molecule has 2 atom stereocenters. The molecular formula is C27H32Zr. The molecule has 1 aliphatic heterocycles. The van der Waals surface area contributed by atoms with Crippen molar-refractivity contribution in [2.24, 2.45) is 5.41 Å². The molecule has 0 saturated carbocycles. The van der Waals surface area contributed by atoms with Gasteiger partial charge < -0.3 is 0 Å². The van der Waals surface area contributed by atoms with Crippen LogP contribution in [0.4, 0.5) is 0 Å².